The number of anilines is 1. The minimum absolute atomic E-state index is 0.221. The smallest absolute Gasteiger partial charge is 0.227 e. The molecule has 0 spiro atoms. The highest BCUT2D eigenvalue weighted by atomic mass is 16.2. The van der Waals surface area contributed by atoms with Crippen LogP contribution in [0.25, 0.3) is 0 Å². The van der Waals surface area contributed by atoms with Crippen molar-refractivity contribution in [3.8, 4) is 0 Å². The minimum atomic E-state index is 0.221. The summed E-state index contributed by atoms with van der Waals surface area (Å²) in [6.07, 6.45) is 6.49. The molecular formula is C17H26N2O. The lowest BCUT2D eigenvalue weighted by Gasteiger charge is -2.27. The predicted molar refractivity (Wildman–Crippen MR) is 84.1 cm³/mol. The average molecular weight is 274 g/mol. The van der Waals surface area contributed by atoms with E-state index in [4.69, 9.17) is 0 Å². The largest absolute Gasteiger partial charge is 0.315 e. The van der Waals surface area contributed by atoms with Crippen LogP contribution in [-0.4, -0.2) is 20.0 Å². The van der Waals surface area contributed by atoms with Gasteiger partial charge in [0.1, 0.15) is 0 Å². The van der Waals surface area contributed by atoms with Gasteiger partial charge in [0, 0.05) is 25.2 Å². The predicted octanol–water partition coefficient (Wildman–Crippen LogP) is 3.44. The van der Waals surface area contributed by atoms with Gasteiger partial charge in [-0.3, -0.25) is 4.79 Å². The van der Waals surface area contributed by atoms with Gasteiger partial charge in [0.25, 0.3) is 0 Å². The molecule has 3 heteroatoms. The Morgan fingerprint density at radius 2 is 2.10 bits per heavy atom. The highest BCUT2D eigenvalue weighted by Gasteiger charge is 2.21. The van der Waals surface area contributed by atoms with E-state index in [1.165, 1.54) is 36.8 Å². The zero-order valence-corrected chi connectivity index (χ0v) is 12.9. The first-order valence-corrected chi connectivity index (χ1v) is 7.74. The second-order valence-corrected chi connectivity index (χ2v) is 5.68. The van der Waals surface area contributed by atoms with E-state index >= 15 is 0 Å². The van der Waals surface area contributed by atoms with Crippen LogP contribution < -0.4 is 10.2 Å². The van der Waals surface area contributed by atoms with Gasteiger partial charge in [-0.2, -0.15) is 0 Å². The number of amides is 1. The van der Waals surface area contributed by atoms with Crippen molar-refractivity contribution in [2.24, 2.45) is 0 Å². The monoisotopic (exact) mass is 274 g/mol. The molecule has 1 amide bonds. The van der Waals surface area contributed by atoms with Crippen molar-refractivity contribution in [2.75, 3.05) is 19.0 Å². The van der Waals surface area contributed by atoms with Gasteiger partial charge in [0.15, 0.2) is 0 Å². The van der Waals surface area contributed by atoms with E-state index in [1.54, 1.807) is 4.90 Å². The second kappa shape index (κ2) is 6.89. The highest BCUT2D eigenvalue weighted by molar-refractivity contribution is 5.95. The van der Waals surface area contributed by atoms with E-state index in [0.29, 0.717) is 12.5 Å². The average Bonchev–Trinajstić information content (AvgIpc) is 2.47. The maximum Gasteiger partial charge on any atom is 0.227 e. The lowest BCUT2D eigenvalue weighted by Crippen LogP contribution is -2.31. The fourth-order valence-electron chi connectivity index (χ4n) is 2.97. The zero-order valence-electron chi connectivity index (χ0n) is 12.9. The van der Waals surface area contributed by atoms with E-state index < -0.39 is 0 Å². The number of fused-ring (bicyclic) bond motifs is 1. The third kappa shape index (κ3) is 3.21. The first-order valence-electron chi connectivity index (χ1n) is 7.74. The zero-order chi connectivity index (χ0) is 14.5. The Kier molecular flexibility index (Phi) is 5.18. The van der Waals surface area contributed by atoms with E-state index in [0.717, 1.165) is 12.1 Å². The summed E-state index contributed by atoms with van der Waals surface area (Å²) in [5.74, 6) is 0.221. The SMILES string of the molecule is CCCCCC(NC)c1ccc2c(c1)CCC(=O)N2C. The van der Waals surface area contributed by atoms with Gasteiger partial charge in [-0.15, -0.1) is 0 Å². The van der Waals surface area contributed by atoms with Gasteiger partial charge in [0.2, 0.25) is 5.91 Å². The number of benzene rings is 1. The lowest BCUT2D eigenvalue weighted by molar-refractivity contribution is -0.118. The van der Waals surface area contributed by atoms with Gasteiger partial charge in [-0.1, -0.05) is 38.3 Å². The van der Waals surface area contributed by atoms with Gasteiger partial charge in [-0.05, 0) is 37.1 Å². The molecule has 0 aromatic heterocycles. The first-order chi connectivity index (χ1) is 9.67. The summed E-state index contributed by atoms with van der Waals surface area (Å²) >= 11 is 0. The summed E-state index contributed by atoms with van der Waals surface area (Å²) in [4.78, 5) is 13.5. The first kappa shape index (κ1) is 15.0. The Balaban J connectivity index is 2.15. The Bertz CT molecular complexity index is 470. The number of hydrogen-bond donors (Lipinski definition) is 1. The van der Waals surface area contributed by atoms with Crippen LogP contribution in [-0.2, 0) is 11.2 Å². The molecule has 2 rings (SSSR count). The van der Waals surface area contributed by atoms with Crippen molar-refractivity contribution < 1.29 is 4.79 Å². The third-order valence-electron chi connectivity index (χ3n) is 4.29. The van der Waals surface area contributed by atoms with Crippen molar-refractivity contribution in [3.63, 3.8) is 0 Å². The Hall–Kier alpha value is -1.35. The number of carbonyl (C=O) groups excluding carboxylic acids is 1. The molecule has 1 heterocycles. The minimum Gasteiger partial charge on any atom is -0.315 e. The van der Waals surface area contributed by atoms with Crippen molar-refractivity contribution >= 4 is 11.6 Å². The molecule has 0 fully saturated rings. The molecule has 1 atom stereocenters. The maximum atomic E-state index is 11.7. The molecule has 1 aromatic carbocycles. The summed E-state index contributed by atoms with van der Waals surface area (Å²) in [7, 11) is 3.91. The topological polar surface area (TPSA) is 32.3 Å². The summed E-state index contributed by atoms with van der Waals surface area (Å²) in [5.41, 5.74) is 3.74. The van der Waals surface area contributed by atoms with Crippen LogP contribution in [0.2, 0.25) is 0 Å². The second-order valence-electron chi connectivity index (χ2n) is 5.68. The molecule has 20 heavy (non-hydrogen) atoms. The van der Waals surface area contributed by atoms with Crippen LogP contribution in [0, 0.1) is 0 Å². The lowest BCUT2D eigenvalue weighted by atomic mass is 9.94. The molecule has 1 aliphatic heterocycles. The van der Waals surface area contributed by atoms with Crippen LogP contribution in [0.5, 0.6) is 0 Å². The highest BCUT2D eigenvalue weighted by Crippen LogP contribution is 2.30. The Labute approximate surface area is 122 Å². The molecule has 1 unspecified atom stereocenters. The molecule has 1 N–H and O–H groups in total. The van der Waals surface area contributed by atoms with Gasteiger partial charge in [-0.25, -0.2) is 0 Å². The summed E-state index contributed by atoms with van der Waals surface area (Å²) in [6.45, 7) is 2.24. The summed E-state index contributed by atoms with van der Waals surface area (Å²) in [5, 5.41) is 3.42. The molecule has 0 radical (unpaired) electrons. The van der Waals surface area contributed by atoms with Crippen molar-refractivity contribution in [1.82, 2.24) is 5.32 Å². The molecular weight excluding hydrogens is 248 g/mol. The summed E-state index contributed by atoms with van der Waals surface area (Å²) < 4.78 is 0. The summed E-state index contributed by atoms with van der Waals surface area (Å²) in [6, 6.07) is 6.98. The van der Waals surface area contributed by atoms with Gasteiger partial charge < -0.3 is 10.2 Å². The molecule has 1 aromatic rings. The Morgan fingerprint density at radius 3 is 2.80 bits per heavy atom. The molecule has 1 aliphatic rings. The quantitative estimate of drug-likeness (QED) is 0.806. The molecule has 0 aliphatic carbocycles. The van der Waals surface area contributed by atoms with Gasteiger partial charge >= 0.3 is 0 Å². The maximum absolute atomic E-state index is 11.7. The number of nitrogens with zero attached hydrogens (tertiary/aromatic N) is 1. The van der Waals surface area contributed by atoms with Crippen molar-refractivity contribution in [2.45, 2.75) is 51.5 Å². The normalized spacial score (nSPS) is 16.1. The fourth-order valence-corrected chi connectivity index (χ4v) is 2.97. The standard InChI is InChI=1S/C17H26N2O/c1-4-5-6-7-15(18-2)13-8-10-16-14(12-13)9-11-17(20)19(16)3/h8,10,12,15,18H,4-7,9,11H2,1-3H3. The molecule has 0 saturated heterocycles. The van der Waals surface area contributed by atoms with Crippen molar-refractivity contribution in [1.29, 1.82) is 0 Å². The number of nitrogens with one attached hydrogen (secondary N) is 1. The van der Waals surface area contributed by atoms with E-state index in [-0.39, 0.29) is 5.91 Å². The molecule has 3 nitrogen and oxygen atoms in total. The third-order valence-corrected chi connectivity index (χ3v) is 4.29. The number of unbranched alkanes of at least 4 members (excludes halogenated alkanes) is 2. The fraction of sp³-hybridized carbons (Fsp3) is 0.588. The van der Waals surface area contributed by atoms with Crippen LogP contribution in [0.4, 0.5) is 5.69 Å². The number of hydrogen-bond acceptors (Lipinski definition) is 2. The van der Waals surface area contributed by atoms with E-state index in [1.807, 2.05) is 14.1 Å². The van der Waals surface area contributed by atoms with Crippen molar-refractivity contribution in [3.05, 3.63) is 29.3 Å². The number of carbonyl (C=O) groups is 1. The van der Waals surface area contributed by atoms with E-state index in [9.17, 15) is 4.79 Å². The molecule has 0 saturated carbocycles. The number of rotatable bonds is 6. The molecule has 0 bridgehead atoms. The van der Waals surface area contributed by atoms with Gasteiger partial charge in [0.05, 0.1) is 0 Å². The van der Waals surface area contributed by atoms with E-state index in [2.05, 4.69) is 30.4 Å². The van der Waals surface area contributed by atoms with Crippen LogP contribution in [0.15, 0.2) is 18.2 Å². The molecule has 110 valence electrons. The van der Waals surface area contributed by atoms with Crippen LogP contribution in [0.3, 0.4) is 0 Å². The number of aryl methyl sites for hydroxylation is 1. The Morgan fingerprint density at radius 1 is 1.30 bits per heavy atom. The van der Waals surface area contributed by atoms with Crippen LogP contribution in [0.1, 0.15) is 56.2 Å². The van der Waals surface area contributed by atoms with Crippen LogP contribution >= 0.6 is 0 Å².